The van der Waals surface area contributed by atoms with Crippen molar-refractivity contribution in [3.05, 3.63) is 48.7 Å². The number of furan rings is 1. The number of hydrogen-bond acceptors (Lipinski definition) is 5. The molecular formula is C18H23N3O2. The first-order valence-electron chi connectivity index (χ1n) is 8.42. The van der Waals surface area contributed by atoms with Crippen LogP contribution in [0.2, 0.25) is 0 Å². The lowest BCUT2D eigenvalue weighted by Gasteiger charge is -2.39. The molecule has 1 aliphatic carbocycles. The fraction of sp³-hybridized carbons (Fsp3) is 0.500. The zero-order chi connectivity index (χ0) is 15.5. The van der Waals surface area contributed by atoms with E-state index in [4.69, 9.17) is 9.15 Å². The molecule has 0 amide bonds. The van der Waals surface area contributed by atoms with E-state index in [9.17, 15) is 0 Å². The second-order valence-electron chi connectivity index (χ2n) is 6.41. The molecule has 5 nitrogen and oxygen atoms in total. The van der Waals surface area contributed by atoms with Gasteiger partial charge in [0.05, 0.1) is 31.2 Å². The van der Waals surface area contributed by atoms with Crippen LogP contribution in [0.15, 0.2) is 47.3 Å². The number of hydrogen-bond donors (Lipinski definition) is 1. The summed E-state index contributed by atoms with van der Waals surface area (Å²) in [5, 5.41) is 3.50. The van der Waals surface area contributed by atoms with Gasteiger partial charge in [-0.25, -0.2) is 0 Å². The van der Waals surface area contributed by atoms with Gasteiger partial charge in [0.25, 0.3) is 0 Å². The van der Waals surface area contributed by atoms with E-state index in [0.717, 1.165) is 37.7 Å². The summed E-state index contributed by atoms with van der Waals surface area (Å²) >= 11 is 0. The number of morpholine rings is 1. The molecule has 3 atom stereocenters. The van der Waals surface area contributed by atoms with Crippen LogP contribution in [0.25, 0.3) is 0 Å². The van der Waals surface area contributed by atoms with Crippen LogP contribution in [0.1, 0.15) is 18.6 Å². The Hall–Kier alpha value is -1.85. The molecule has 1 aliphatic heterocycles. The van der Waals surface area contributed by atoms with Crippen molar-refractivity contribution in [2.24, 2.45) is 5.92 Å². The van der Waals surface area contributed by atoms with Crippen molar-refractivity contribution in [2.75, 3.05) is 25.0 Å². The van der Waals surface area contributed by atoms with Crippen molar-refractivity contribution in [1.82, 2.24) is 9.88 Å². The van der Waals surface area contributed by atoms with E-state index in [1.807, 2.05) is 18.3 Å². The number of nitrogens with one attached hydrogen (secondary N) is 1. The Morgan fingerprint density at radius 2 is 2.26 bits per heavy atom. The molecule has 1 N–H and O–H groups in total. The Morgan fingerprint density at radius 3 is 3.09 bits per heavy atom. The van der Waals surface area contributed by atoms with Crippen LogP contribution in [-0.4, -0.2) is 41.7 Å². The standard InChI is InChI=1S/C18H23N3O2/c1-3-15(12-19-7-1)20-11-14-5-6-17-18(14)23-10-8-21(17)13-16-4-2-9-22-16/h1-4,7,9,12,14,17-18,20H,5-6,8,10-11,13H2/t14-,17-,18+/m0/s1. The van der Waals surface area contributed by atoms with Crippen molar-refractivity contribution in [2.45, 2.75) is 31.5 Å². The summed E-state index contributed by atoms with van der Waals surface area (Å²) in [6.45, 7) is 3.64. The molecule has 1 saturated heterocycles. The molecule has 0 spiro atoms. The molecule has 0 bridgehead atoms. The Kier molecular flexibility index (Phi) is 4.30. The number of pyridine rings is 1. The average molecular weight is 313 g/mol. The lowest BCUT2D eigenvalue weighted by Crippen LogP contribution is -2.50. The number of aromatic nitrogens is 1. The lowest BCUT2D eigenvalue weighted by molar-refractivity contribution is -0.0760. The van der Waals surface area contributed by atoms with Gasteiger partial charge >= 0.3 is 0 Å². The van der Waals surface area contributed by atoms with Crippen LogP contribution in [0.5, 0.6) is 0 Å². The molecule has 5 heteroatoms. The van der Waals surface area contributed by atoms with E-state index in [2.05, 4.69) is 27.3 Å². The fourth-order valence-electron chi connectivity index (χ4n) is 3.87. The van der Waals surface area contributed by atoms with E-state index in [-0.39, 0.29) is 0 Å². The van der Waals surface area contributed by atoms with E-state index < -0.39 is 0 Å². The number of rotatable bonds is 5. The van der Waals surface area contributed by atoms with Gasteiger partial charge in [0, 0.05) is 37.4 Å². The summed E-state index contributed by atoms with van der Waals surface area (Å²) in [5.41, 5.74) is 1.08. The van der Waals surface area contributed by atoms with Gasteiger partial charge < -0.3 is 14.5 Å². The highest BCUT2D eigenvalue weighted by molar-refractivity contribution is 5.39. The minimum absolute atomic E-state index is 0.322. The van der Waals surface area contributed by atoms with E-state index in [0.29, 0.717) is 18.1 Å². The number of ether oxygens (including phenoxy) is 1. The summed E-state index contributed by atoms with van der Waals surface area (Å²) in [6, 6.07) is 8.55. The molecule has 122 valence electrons. The van der Waals surface area contributed by atoms with Crippen molar-refractivity contribution in [1.29, 1.82) is 0 Å². The normalized spacial score (nSPS) is 27.7. The third kappa shape index (κ3) is 3.26. The summed E-state index contributed by atoms with van der Waals surface area (Å²) in [5.74, 6) is 1.60. The molecule has 3 heterocycles. The van der Waals surface area contributed by atoms with Crippen LogP contribution in [-0.2, 0) is 11.3 Å². The van der Waals surface area contributed by atoms with Crippen molar-refractivity contribution in [3.8, 4) is 0 Å². The number of fused-ring (bicyclic) bond motifs is 1. The zero-order valence-electron chi connectivity index (χ0n) is 13.2. The molecule has 4 rings (SSSR count). The predicted molar refractivity (Wildman–Crippen MR) is 88.1 cm³/mol. The fourth-order valence-corrected chi connectivity index (χ4v) is 3.87. The van der Waals surface area contributed by atoms with Gasteiger partial charge in [-0.05, 0) is 37.1 Å². The molecule has 0 radical (unpaired) electrons. The van der Waals surface area contributed by atoms with E-state index >= 15 is 0 Å². The first kappa shape index (κ1) is 14.7. The largest absolute Gasteiger partial charge is 0.468 e. The van der Waals surface area contributed by atoms with Gasteiger partial charge in [0.15, 0.2) is 0 Å². The summed E-state index contributed by atoms with van der Waals surface area (Å²) < 4.78 is 11.6. The topological polar surface area (TPSA) is 50.5 Å². The molecule has 2 aromatic rings. The molecule has 1 saturated carbocycles. The SMILES string of the molecule is c1cncc(NC[C@@H]2CC[C@H]3[C@@H]2OCCN3Cc2ccco2)c1. The van der Waals surface area contributed by atoms with Gasteiger partial charge in [-0.3, -0.25) is 9.88 Å². The van der Waals surface area contributed by atoms with Crippen LogP contribution in [0.4, 0.5) is 5.69 Å². The van der Waals surface area contributed by atoms with Gasteiger partial charge in [-0.2, -0.15) is 0 Å². The summed E-state index contributed by atoms with van der Waals surface area (Å²) in [4.78, 5) is 6.68. The third-order valence-electron chi connectivity index (χ3n) is 5.00. The Balaban J connectivity index is 1.37. The smallest absolute Gasteiger partial charge is 0.117 e. The maximum Gasteiger partial charge on any atom is 0.117 e. The highest BCUT2D eigenvalue weighted by atomic mass is 16.5. The van der Waals surface area contributed by atoms with Crippen molar-refractivity contribution < 1.29 is 9.15 Å². The van der Waals surface area contributed by atoms with E-state index in [1.165, 1.54) is 12.8 Å². The first-order chi connectivity index (χ1) is 11.4. The minimum Gasteiger partial charge on any atom is -0.468 e. The highest BCUT2D eigenvalue weighted by Gasteiger charge is 2.42. The van der Waals surface area contributed by atoms with Gasteiger partial charge in [0.1, 0.15) is 5.76 Å². The monoisotopic (exact) mass is 313 g/mol. The minimum atomic E-state index is 0.322. The van der Waals surface area contributed by atoms with Crippen LogP contribution < -0.4 is 5.32 Å². The molecular weight excluding hydrogens is 290 g/mol. The second-order valence-corrected chi connectivity index (χ2v) is 6.41. The number of anilines is 1. The molecule has 23 heavy (non-hydrogen) atoms. The third-order valence-corrected chi connectivity index (χ3v) is 5.00. The average Bonchev–Trinajstić information content (AvgIpc) is 3.24. The van der Waals surface area contributed by atoms with Gasteiger partial charge in [0.2, 0.25) is 0 Å². The van der Waals surface area contributed by atoms with Gasteiger partial charge in [-0.1, -0.05) is 0 Å². The molecule has 2 aromatic heterocycles. The van der Waals surface area contributed by atoms with E-state index in [1.54, 1.807) is 12.5 Å². The summed E-state index contributed by atoms with van der Waals surface area (Å²) in [7, 11) is 0. The first-order valence-corrected chi connectivity index (χ1v) is 8.42. The van der Waals surface area contributed by atoms with Gasteiger partial charge in [-0.15, -0.1) is 0 Å². The number of nitrogens with zero attached hydrogens (tertiary/aromatic N) is 2. The quantitative estimate of drug-likeness (QED) is 0.920. The highest BCUT2D eigenvalue weighted by Crippen LogP contribution is 2.35. The van der Waals surface area contributed by atoms with Crippen molar-refractivity contribution >= 4 is 5.69 Å². The lowest BCUT2D eigenvalue weighted by atomic mass is 10.0. The zero-order valence-corrected chi connectivity index (χ0v) is 13.2. The molecule has 2 fully saturated rings. The Morgan fingerprint density at radius 1 is 1.26 bits per heavy atom. The maximum absolute atomic E-state index is 6.12. The van der Waals surface area contributed by atoms with Crippen molar-refractivity contribution in [3.63, 3.8) is 0 Å². The second kappa shape index (κ2) is 6.72. The van der Waals surface area contributed by atoms with Crippen LogP contribution in [0, 0.1) is 5.92 Å². The van der Waals surface area contributed by atoms with Crippen LogP contribution in [0.3, 0.4) is 0 Å². The molecule has 0 unspecified atom stereocenters. The summed E-state index contributed by atoms with van der Waals surface area (Å²) in [6.07, 6.45) is 8.15. The van der Waals surface area contributed by atoms with Crippen LogP contribution >= 0.6 is 0 Å². The molecule has 2 aliphatic rings. The Bertz CT molecular complexity index is 602. The Labute approximate surface area is 136 Å². The maximum atomic E-state index is 6.12. The molecule has 0 aromatic carbocycles. The predicted octanol–water partition coefficient (Wildman–Crippen LogP) is 2.77.